The van der Waals surface area contributed by atoms with E-state index in [1.165, 1.54) is 11.1 Å². The van der Waals surface area contributed by atoms with Crippen LogP contribution in [0.2, 0.25) is 0 Å². The van der Waals surface area contributed by atoms with Crippen molar-refractivity contribution < 1.29 is 4.74 Å². The second-order valence-corrected chi connectivity index (χ2v) is 5.77. The topological polar surface area (TPSA) is 35.2 Å². The number of para-hydroxylation sites is 1. The molecule has 0 spiro atoms. The van der Waals surface area contributed by atoms with Crippen molar-refractivity contribution in [2.75, 3.05) is 13.7 Å². The highest BCUT2D eigenvalue weighted by Crippen LogP contribution is 2.24. The normalized spacial score (nSPS) is 12.2. The van der Waals surface area contributed by atoms with Gasteiger partial charge in [0.25, 0.3) is 0 Å². The van der Waals surface area contributed by atoms with Gasteiger partial charge in [-0.1, -0.05) is 52.3 Å². The molecule has 0 fully saturated rings. The Bertz CT molecular complexity index is 556. The largest absolute Gasteiger partial charge is 0.496 e. The third-order valence-electron chi connectivity index (χ3n) is 3.50. The van der Waals surface area contributed by atoms with Crippen LogP contribution >= 0.6 is 15.9 Å². The summed E-state index contributed by atoms with van der Waals surface area (Å²) in [5.74, 6) is 1.35. The molecule has 3 heteroatoms. The van der Waals surface area contributed by atoms with Gasteiger partial charge in [0, 0.05) is 4.47 Å². The minimum absolute atomic E-state index is 0.407. The Kier molecular flexibility index (Phi) is 5.62. The third-order valence-corrected chi connectivity index (χ3v) is 4.27. The average Bonchev–Trinajstić information content (AvgIpc) is 2.49. The lowest BCUT2D eigenvalue weighted by Crippen LogP contribution is -2.19. The summed E-state index contributed by atoms with van der Waals surface area (Å²) in [6.07, 6.45) is 1.90. The van der Waals surface area contributed by atoms with Gasteiger partial charge in [0.1, 0.15) is 5.75 Å². The van der Waals surface area contributed by atoms with Crippen molar-refractivity contribution in [3.8, 4) is 5.75 Å². The van der Waals surface area contributed by atoms with Crippen LogP contribution < -0.4 is 10.5 Å². The van der Waals surface area contributed by atoms with Crippen LogP contribution in [0.15, 0.2) is 53.0 Å². The van der Waals surface area contributed by atoms with Crippen LogP contribution in [-0.2, 0) is 12.8 Å². The maximum atomic E-state index is 5.95. The first-order valence-electron chi connectivity index (χ1n) is 6.80. The van der Waals surface area contributed by atoms with Crippen molar-refractivity contribution in [2.45, 2.75) is 12.8 Å². The summed E-state index contributed by atoms with van der Waals surface area (Å²) in [7, 11) is 1.71. The van der Waals surface area contributed by atoms with Gasteiger partial charge in [0.2, 0.25) is 0 Å². The summed E-state index contributed by atoms with van der Waals surface area (Å²) in [4.78, 5) is 0. The van der Waals surface area contributed by atoms with Crippen molar-refractivity contribution in [3.05, 3.63) is 64.1 Å². The Balaban J connectivity index is 2.11. The van der Waals surface area contributed by atoms with E-state index >= 15 is 0 Å². The molecule has 1 atom stereocenters. The Hall–Kier alpha value is -1.32. The lowest BCUT2D eigenvalue weighted by molar-refractivity contribution is 0.404. The van der Waals surface area contributed by atoms with Gasteiger partial charge in [0.15, 0.2) is 0 Å². The number of hydrogen-bond acceptors (Lipinski definition) is 2. The van der Waals surface area contributed by atoms with Gasteiger partial charge >= 0.3 is 0 Å². The zero-order chi connectivity index (χ0) is 14.4. The number of halogens is 1. The predicted molar refractivity (Wildman–Crippen MR) is 87.1 cm³/mol. The fourth-order valence-electron chi connectivity index (χ4n) is 2.40. The highest BCUT2D eigenvalue weighted by Gasteiger charge is 2.13. The maximum absolute atomic E-state index is 5.95. The van der Waals surface area contributed by atoms with E-state index in [4.69, 9.17) is 10.5 Å². The molecular weight excluding hydrogens is 314 g/mol. The molecule has 0 aromatic heterocycles. The predicted octanol–water partition coefficient (Wildman–Crippen LogP) is 3.82. The molecular formula is C17H20BrNO. The summed E-state index contributed by atoms with van der Waals surface area (Å²) in [6.45, 7) is 0.666. The van der Waals surface area contributed by atoms with Gasteiger partial charge in [-0.2, -0.15) is 0 Å². The average molecular weight is 334 g/mol. The Morgan fingerprint density at radius 2 is 1.60 bits per heavy atom. The molecule has 2 N–H and O–H groups in total. The van der Waals surface area contributed by atoms with E-state index in [0.29, 0.717) is 12.5 Å². The second kappa shape index (κ2) is 7.46. The summed E-state index contributed by atoms with van der Waals surface area (Å²) < 4.78 is 6.57. The molecule has 0 aliphatic rings. The van der Waals surface area contributed by atoms with E-state index < -0.39 is 0 Å². The molecule has 0 aliphatic heterocycles. The molecule has 2 rings (SSSR count). The summed E-state index contributed by atoms with van der Waals surface area (Å²) >= 11 is 3.60. The Morgan fingerprint density at radius 3 is 2.25 bits per heavy atom. The molecule has 0 bridgehead atoms. The van der Waals surface area contributed by atoms with Crippen molar-refractivity contribution in [3.63, 3.8) is 0 Å². The molecule has 0 saturated heterocycles. The van der Waals surface area contributed by atoms with Crippen LogP contribution in [0.3, 0.4) is 0 Å². The van der Waals surface area contributed by atoms with Crippen LogP contribution in [0.5, 0.6) is 5.75 Å². The molecule has 0 heterocycles. The number of rotatable bonds is 6. The van der Waals surface area contributed by atoms with Crippen molar-refractivity contribution in [2.24, 2.45) is 11.7 Å². The molecule has 106 valence electrons. The van der Waals surface area contributed by atoms with E-state index in [-0.39, 0.29) is 0 Å². The quantitative estimate of drug-likeness (QED) is 0.872. The van der Waals surface area contributed by atoms with Gasteiger partial charge in [0.05, 0.1) is 7.11 Å². The van der Waals surface area contributed by atoms with Gasteiger partial charge in [-0.15, -0.1) is 0 Å². The Morgan fingerprint density at radius 1 is 1.00 bits per heavy atom. The summed E-state index contributed by atoms with van der Waals surface area (Å²) in [6, 6.07) is 16.5. The van der Waals surface area contributed by atoms with E-state index in [2.05, 4.69) is 40.2 Å². The van der Waals surface area contributed by atoms with Crippen LogP contribution in [-0.4, -0.2) is 13.7 Å². The van der Waals surface area contributed by atoms with Crippen LogP contribution in [0.25, 0.3) is 0 Å². The molecule has 0 amide bonds. The highest BCUT2D eigenvalue weighted by molar-refractivity contribution is 9.10. The number of benzene rings is 2. The first-order valence-corrected chi connectivity index (χ1v) is 7.59. The fraction of sp³-hybridized carbons (Fsp3) is 0.294. The zero-order valence-electron chi connectivity index (χ0n) is 11.7. The summed E-state index contributed by atoms with van der Waals surface area (Å²) in [5, 5.41) is 0. The highest BCUT2D eigenvalue weighted by atomic mass is 79.9. The van der Waals surface area contributed by atoms with Gasteiger partial charge in [-0.3, -0.25) is 0 Å². The minimum Gasteiger partial charge on any atom is -0.496 e. The minimum atomic E-state index is 0.407. The van der Waals surface area contributed by atoms with Gasteiger partial charge < -0.3 is 10.5 Å². The first-order chi connectivity index (χ1) is 9.74. The molecule has 0 saturated carbocycles. The fourth-order valence-corrected chi connectivity index (χ4v) is 2.84. The standard InChI is InChI=1S/C17H20BrNO/c1-20-17-9-5-3-7-15(17)11-13(12-19)10-14-6-2-4-8-16(14)18/h2-9,13H,10-12,19H2,1H3. The van der Waals surface area contributed by atoms with Crippen LogP contribution in [0.1, 0.15) is 11.1 Å². The lowest BCUT2D eigenvalue weighted by Gasteiger charge is -2.17. The molecule has 2 nitrogen and oxygen atoms in total. The second-order valence-electron chi connectivity index (χ2n) is 4.91. The monoisotopic (exact) mass is 333 g/mol. The molecule has 2 aromatic carbocycles. The smallest absolute Gasteiger partial charge is 0.122 e. The molecule has 0 radical (unpaired) electrons. The number of methoxy groups -OCH3 is 1. The van der Waals surface area contributed by atoms with Crippen molar-refractivity contribution >= 4 is 15.9 Å². The van der Waals surface area contributed by atoms with Gasteiger partial charge in [-0.05, 0) is 48.6 Å². The van der Waals surface area contributed by atoms with E-state index in [9.17, 15) is 0 Å². The number of ether oxygens (including phenoxy) is 1. The first kappa shape index (κ1) is 15.1. The van der Waals surface area contributed by atoms with Crippen molar-refractivity contribution in [1.29, 1.82) is 0 Å². The van der Waals surface area contributed by atoms with Crippen LogP contribution in [0.4, 0.5) is 0 Å². The van der Waals surface area contributed by atoms with E-state index in [0.717, 1.165) is 23.1 Å². The summed E-state index contributed by atoms with van der Waals surface area (Å²) in [5.41, 5.74) is 8.48. The van der Waals surface area contributed by atoms with Crippen molar-refractivity contribution in [1.82, 2.24) is 0 Å². The van der Waals surface area contributed by atoms with Gasteiger partial charge in [-0.25, -0.2) is 0 Å². The molecule has 0 aliphatic carbocycles. The lowest BCUT2D eigenvalue weighted by atomic mass is 9.92. The SMILES string of the molecule is COc1ccccc1CC(CN)Cc1ccccc1Br. The maximum Gasteiger partial charge on any atom is 0.122 e. The zero-order valence-corrected chi connectivity index (χ0v) is 13.3. The van der Waals surface area contributed by atoms with E-state index in [1.807, 2.05) is 24.3 Å². The van der Waals surface area contributed by atoms with E-state index in [1.54, 1.807) is 7.11 Å². The number of hydrogen-bond donors (Lipinski definition) is 1. The molecule has 1 unspecified atom stereocenters. The third kappa shape index (κ3) is 3.84. The number of nitrogens with two attached hydrogens (primary N) is 1. The van der Waals surface area contributed by atoms with Crippen LogP contribution in [0, 0.1) is 5.92 Å². The molecule has 2 aromatic rings. The molecule has 20 heavy (non-hydrogen) atoms. The Labute approximate surface area is 129 Å².